The topological polar surface area (TPSA) is 72.2 Å². The van der Waals surface area contributed by atoms with Gasteiger partial charge in [0.25, 0.3) is 0 Å². The van der Waals surface area contributed by atoms with E-state index in [1.54, 1.807) is 6.07 Å². The molecule has 0 bridgehead atoms. The lowest BCUT2D eigenvalue weighted by molar-refractivity contribution is 0.468. The molecule has 0 radical (unpaired) electrons. The molecule has 0 spiro atoms. The van der Waals surface area contributed by atoms with Crippen molar-refractivity contribution in [3.05, 3.63) is 35.4 Å². The van der Waals surface area contributed by atoms with Gasteiger partial charge in [-0.3, -0.25) is 0 Å². The number of allylic oxidation sites excluding steroid dienone is 2. The van der Waals surface area contributed by atoms with Gasteiger partial charge < -0.3 is 5.73 Å². The van der Waals surface area contributed by atoms with Crippen LogP contribution >= 0.6 is 11.6 Å². The third-order valence-electron chi connectivity index (χ3n) is 3.20. The molecule has 1 aromatic rings. The van der Waals surface area contributed by atoms with Crippen molar-refractivity contribution in [2.24, 2.45) is 5.92 Å². The van der Waals surface area contributed by atoms with Gasteiger partial charge >= 0.3 is 0 Å². The number of nitrogens with two attached hydrogens (primary N) is 1. The molecule has 2 rings (SSSR count). The van der Waals surface area contributed by atoms with E-state index in [0.717, 1.165) is 19.3 Å². The third kappa shape index (κ3) is 3.72. The standard InChI is InChI=1S/C13H17ClN2O2S/c14-11-6-7-12(15)13(8-11)19(17,18)16-9-10-4-2-1-3-5-10/h1-2,6-8,10,16H,3-5,9,15H2. The highest BCUT2D eigenvalue weighted by atomic mass is 35.5. The second-order valence-electron chi connectivity index (χ2n) is 4.68. The van der Waals surface area contributed by atoms with Gasteiger partial charge in [0, 0.05) is 11.6 Å². The molecule has 6 heteroatoms. The van der Waals surface area contributed by atoms with Crippen molar-refractivity contribution in [1.82, 2.24) is 4.72 Å². The summed E-state index contributed by atoms with van der Waals surface area (Å²) in [5.74, 6) is 0.347. The summed E-state index contributed by atoms with van der Waals surface area (Å²) in [7, 11) is -3.60. The Hall–Kier alpha value is -1.04. The molecule has 1 unspecified atom stereocenters. The molecule has 0 fully saturated rings. The van der Waals surface area contributed by atoms with Crippen LogP contribution in [0.5, 0.6) is 0 Å². The quantitative estimate of drug-likeness (QED) is 0.663. The van der Waals surface area contributed by atoms with E-state index in [2.05, 4.69) is 16.9 Å². The van der Waals surface area contributed by atoms with Crippen LogP contribution in [0.15, 0.2) is 35.2 Å². The van der Waals surface area contributed by atoms with E-state index in [4.69, 9.17) is 17.3 Å². The molecule has 0 saturated heterocycles. The maximum atomic E-state index is 12.2. The van der Waals surface area contributed by atoms with Crippen molar-refractivity contribution >= 4 is 27.3 Å². The first-order valence-corrected chi connectivity index (χ1v) is 8.05. The molecular formula is C13H17ClN2O2S. The number of rotatable bonds is 4. The zero-order chi connectivity index (χ0) is 13.9. The molecule has 0 aliphatic heterocycles. The first-order valence-electron chi connectivity index (χ1n) is 6.19. The lowest BCUT2D eigenvalue weighted by Crippen LogP contribution is -2.30. The largest absolute Gasteiger partial charge is 0.398 e. The Kier molecular flexibility index (Phi) is 4.50. The maximum Gasteiger partial charge on any atom is 0.242 e. The van der Waals surface area contributed by atoms with Crippen molar-refractivity contribution in [2.75, 3.05) is 12.3 Å². The second-order valence-corrected chi connectivity index (χ2v) is 6.86. The van der Waals surface area contributed by atoms with Crippen LogP contribution in [0.25, 0.3) is 0 Å². The van der Waals surface area contributed by atoms with Crippen molar-refractivity contribution < 1.29 is 8.42 Å². The van der Waals surface area contributed by atoms with Crippen LogP contribution in [0.4, 0.5) is 5.69 Å². The summed E-state index contributed by atoms with van der Waals surface area (Å²) in [6, 6.07) is 4.45. The fourth-order valence-electron chi connectivity index (χ4n) is 2.09. The fraction of sp³-hybridized carbons (Fsp3) is 0.385. The number of hydrogen-bond donors (Lipinski definition) is 2. The number of anilines is 1. The van der Waals surface area contributed by atoms with E-state index >= 15 is 0 Å². The van der Waals surface area contributed by atoms with Gasteiger partial charge in [0.15, 0.2) is 0 Å². The van der Waals surface area contributed by atoms with E-state index in [1.807, 2.05) is 0 Å². The molecule has 1 aromatic carbocycles. The van der Waals surface area contributed by atoms with Gasteiger partial charge in [0.05, 0.1) is 5.69 Å². The van der Waals surface area contributed by atoms with Crippen LogP contribution in [0.1, 0.15) is 19.3 Å². The van der Waals surface area contributed by atoms with Gasteiger partial charge in [-0.2, -0.15) is 0 Å². The zero-order valence-corrected chi connectivity index (χ0v) is 12.0. The number of hydrogen-bond acceptors (Lipinski definition) is 3. The summed E-state index contributed by atoms with van der Waals surface area (Å²) in [6.07, 6.45) is 7.14. The predicted molar refractivity (Wildman–Crippen MR) is 77.5 cm³/mol. The normalized spacial score (nSPS) is 19.5. The highest BCUT2D eigenvalue weighted by Crippen LogP contribution is 2.23. The summed E-state index contributed by atoms with van der Waals surface area (Å²) in [5, 5.41) is 0.357. The molecule has 19 heavy (non-hydrogen) atoms. The number of benzene rings is 1. The van der Waals surface area contributed by atoms with Crippen LogP contribution in [-0.4, -0.2) is 15.0 Å². The Balaban J connectivity index is 2.09. The maximum absolute atomic E-state index is 12.2. The molecule has 1 atom stereocenters. The summed E-state index contributed by atoms with van der Waals surface area (Å²) in [4.78, 5) is 0.0475. The summed E-state index contributed by atoms with van der Waals surface area (Å²) in [6.45, 7) is 0.429. The van der Waals surface area contributed by atoms with E-state index in [9.17, 15) is 8.42 Å². The molecule has 0 aromatic heterocycles. The summed E-state index contributed by atoms with van der Waals surface area (Å²) >= 11 is 5.81. The average molecular weight is 301 g/mol. The second kappa shape index (κ2) is 5.94. The molecule has 1 aliphatic carbocycles. The lowest BCUT2D eigenvalue weighted by atomic mass is 9.95. The molecular weight excluding hydrogens is 284 g/mol. The van der Waals surface area contributed by atoms with Crippen molar-refractivity contribution in [3.63, 3.8) is 0 Å². The van der Waals surface area contributed by atoms with Gasteiger partial charge in [0.2, 0.25) is 10.0 Å². The van der Waals surface area contributed by atoms with E-state index in [-0.39, 0.29) is 10.6 Å². The lowest BCUT2D eigenvalue weighted by Gasteiger charge is -2.18. The average Bonchev–Trinajstić information content (AvgIpc) is 2.40. The molecule has 3 N–H and O–H groups in total. The SMILES string of the molecule is Nc1ccc(Cl)cc1S(=O)(=O)NCC1CC=CCC1. The van der Waals surface area contributed by atoms with Crippen LogP contribution in [-0.2, 0) is 10.0 Å². The minimum absolute atomic E-state index is 0.0475. The van der Waals surface area contributed by atoms with Gasteiger partial charge in [-0.05, 0) is 43.4 Å². The smallest absolute Gasteiger partial charge is 0.242 e. The fourth-order valence-corrected chi connectivity index (χ4v) is 3.60. The molecule has 0 amide bonds. The minimum Gasteiger partial charge on any atom is -0.398 e. The van der Waals surface area contributed by atoms with Gasteiger partial charge in [-0.25, -0.2) is 13.1 Å². The van der Waals surface area contributed by atoms with E-state index in [1.165, 1.54) is 12.1 Å². The Bertz CT molecular complexity index is 584. The Morgan fingerprint density at radius 3 is 2.84 bits per heavy atom. The summed E-state index contributed by atoms with van der Waals surface area (Å²) < 4.78 is 27.0. The zero-order valence-electron chi connectivity index (χ0n) is 10.5. The van der Waals surface area contributed by atoms with Gasteiger partial charge in [-0.15, -0.1) is 0 Å². The Labute approximate surface area is 118 Å². The van der Waals surface area contributed by atoms with Crippen LogP contribution < -0.4 is 10.5 Å². The van der Waals surface area contributed by atoms with Crippen molar-refractivity contribution in [2.45, 2.75) is 24.2 Å². The van der Waals surface area contributed by atoms with Crippen LogP contribution in [0.3, 0.4) is 0 Å². The highest BCUT2D eigenvalue weighted by Gasteiger charge is 2.20. The van der Waals surface area contributed by atoms with Crippen molar-refractivity contribution in [3.8, 4) is 0 Å². The molecule has 4 nitrogen and oxygen atoms in total. The number of halogens is 1. The van der Waals surface area contributed by atoms with Crippen molar-refractivity contribution in [1.29, 1.82) is 0 Å². The first kappa shape index (κ1) is 14.4. The first-order chi connectivity index (χ1) is 8.99. The Morgan fingerprint density at radius 1 is 1.37 bits per heavy atom. The van der Waals surface area contributed by atoms with E-state index < -0.39 is 10.0 Å². The summed E-state index contributed by atoms with van der Waals surface area (Å²) in [5.41, 5.74) is 5.90. The van der Waals surface area contributed by atoms with Crippen LogP contribution in [0.2, 0.25) is 5.02 Å². The van der Waals surface area contributed by atoms with E-state index in [0.29, 0.717) is 17.5 Å². The van der Waals surface area contributed by atoms with Crippen LogP contribution in [0, 0.1) is 5.92 Å². The number of nitrogens with one attached hydrogen (secondary N) is 1. The Morgan fingerprint density at radius 2 is 2.16 bits per heavy atom. The highest BCUT2D eigenvalue weighted by molar-refractivity contribution is 7.89. The number of sulfonamides is 1. The minimum atomic E-state index is -3.60. The molecule has 0 heterocycles. The molecule has 1 aliphatic rings. The monoisotopic (exact) mass is 300 g/mol. The number of nitrogen functional groups attached to an aromatic ring is 1. The molecule has 0 saturated carbocycles. The van der Waals surface area contributed by atoms with Gasteiger partial charge in [0.1, 0.15) is 4.90 Å². The predicted octanol–water partition coefficient (Wildman–Crippen LogP) is 2.56. The molecule has 104 valence electrons. The van der Waals surface area contributed by atoms with Gasteiger partial charge in [-0.1, -0.05) is 23.8 Å². The third-order valence-corrected chi connectivity index (χ3v) is 4.92.